The molecule has 0 saturated carbocycles. The van der Waals surface area contributed by atoms with Crippen LogP contribution in [-0.4, -0.2) is 18.0 Å². The first-order chi connectivity index (χ1) is 13.6. The number of hydrogen-bond acceptors (Lipinski definition) is 4. The molecule has 6 nitrogen and oxygen atoms in total. The number of amides is 1. The zero-order chi connectivity index (χ0) is 19.7. The van der Waals surface area contributed by atoms with E-state index in [-0.39, 0.29) is 12.3 Å². The average Bonchev–Trinajstić information content (AvgIpc) is 3.17. The molecule has 0 spiro atoms. The zero-order valence-electron chi connectivity index (χ0n) is 15.7. The molecule has 1 amide bonds. The van der Waals surface area contributed by atoms with Gasteiger partial charge in [-0.1, -0.05) is 6.07 Å². The number of aryl methyl sites for hydroxylation is 1. The lowest BCUT2D eigenvalue weighted by Crippen LogP contribution is -2.16. The number of hydrogen-bond donors (Lipinski definition) is 2. The number of rotatable bonds is 5. The Bertz CT molecular complexity index is 1240. The van der Waals surface area contributed by atoms with E-state index in [4.69, 9.17) is 9.15 Å². The number of aromatic amines is 1. The predicted octanol–water partition coefficient (Wildman–Crippen LogP) is 4.16. The van der Waals surface area contributed by atoms with Crippen LogP contribution in [0.1, 0.15) is 17.5 Å². The fourth-order valence-electron chi connectivity index (χ4n) is 3.44. The third-order valence-corrected chi connectivity index (χ3v) is 4.97. The minimum Gasteiger partial charge on any atom is -0.497 e. The van der Waals surface area contributed by atoms with E-state index in [9.17, 15) is 9.59 Å². The average molecular weight is 376 g/mol. The lowest BCUT2D eigenvalue weighted by molar-refractivity contribution is -0.116. The first-order valence-corrected chi connectivity index (χ1v) is 9.03. The lowest BCUT2D eigenvalue weighted by atomic mass is 10.0. The van der Waals surface area contributed by atoms with Crippen molar-refractivity contribution in [2.45, 2.75) is 19.8 Å². The molecular formula is C22H20N2O4. The Hall–Kier alpha value is -3.54. The van der Waals surface area contributed by atoms with E-state index in [1.807, 2.05) is 49.5 Å². The molecule has 28 heavy (non-hydrogen) atoms. The van der Waals surface area contributed by atoms with Gasteiger partial charge >= 0.3 is 5.63 Å². The van der Waals surface area contributed by atoms with E-state index in [1.165, 1.54) is 0 Å². The van der Waals surface area contributed by atoms with Crippen molar-refractivity contribution in [3.8, 4) is 5.75 Å². The smallest absolute Gasteiger partial charge is 0.339 e. The highest BCUT2D eigenvalue weighted by Crippen LogP contribution is 2.25. The summed E-state index contributed by atoms with van der Waals surface area (Å²) in [6.07, 6.45) is 2.33. The van der Waals surface area contributed by atoms with Crippen molar-refractivity contribution in [1.82, 2.24) is 4.98 Å². The summed E-state index contributed by atoms with van der Waals surface area (Å²) in [6, 6.07) is 13.0. The standard InChI is InChI=1S/C22H20N2O4/c1-13-15-7-6-14(27-2)12-20(15)28-22(26)16(13)8-9-21(25)24-19-5-3-4-18-17(19)10-11-23-18/h3-7,10-12,23H,8-9H2,1-2H3,(H,24,25). The van der Waals surface area contributed by atoms with Crippen molar-refractivity contribution < 1.29 is 13.9 Å². The van der Waals surface area contributed by atoms with E-state index in [1.54, 1.807) is 13.2 Å². The van der Waals surface area contributed by atoms with Gasteiger partial charge < -0.3 is 19.5 Å². The summed E-state index contributed by atoms with van der Waals surface area (Å²) in [4.78, 5) is 28.0. The van der Waals surface area contributed by atoms with Crippen LogP contribution in [0, 0.1) is 6.92 Å². The number of nitrogens with one attached hydrogen (secondary N) is 2. The number of carbonyl (C=O) groups is 1. The maximum atomic E-state index is 12.5. The van der Waals surface area contributed by atoms with E-state index in [2.05, 4.69) is 10.3 Å². The molecule has 4 aromatic rings. The molecule has 0 atom stereocenters. The largest absolute Gasteiger partial charge is 0.497 e. The quantitative estimate of drug-likeness (QED) is 0.512. The highest BCUT2D eigenvalue weighted by atomic mass is 16.5. The van der Waals surface area contributed by atoms with Crippen LogP contribution in [0.15, 0.2) is 57.9 Å². The van der Waals surface area contributed by atoms with Gasteiger partial charge in [0.15, 0.2) is 0 Å². The Kier molecular flexibility index (Phi) is 4.61. The number of ether oxygens (including phenoxy) is 1. The first kappa shape index (κ1) is 17.9. The number of carbonyl (C=O) groups excluding carboxylic acids is 1. The second-order valence-electron chi connectivity index (χ2n) is 6.65. The monoisotopic (exact) mass is 376 g/mol. The molecular weight excluding hydrogens is 356 g/mol. The van der Waals surface area contributed by atoms with Crippen LogP contribution >= 0.6 is 0 Å². The maximum absolute atomic E-state index is 12.5. The minimum atomic E-state index is -0.418. The van der Waals surface area contributed by atoms with Crippen LogP contribution in [0.5, 0.6) is 5.75 Å². The Morgan fingerprint density at radius 2 is 2.04 bits per heavy atom. The molecule has 0 radical (unpaired) electrons. The molecule has 0 saturated heterocycles. The second kappa shape index (κ2) is 7.23. The number of aromatic nitrogens is 1. The van der Waals surface area contributed by atoms with Crippen molar-refractivity contribution in [3.05, 3.63) is 70.2 Å². The SMILES string of the molecule is COc1ccc2c(C)c(CCC(=O)Nc3cccc4[nH]ccc34)c(=O)oc2c1. The number of methoxy groups -OCH3 is 1. The highest BCUT2D eigenvalue weighted by Gasteiger charge is 2.14. The van der Waals surface area contributed by atoms with Gasteiger partial charge in [0, 0.05) is 40.5 Å². The van der Waals surface area contributed by atoms with Crippen LogP contribution in [0.3, 0.4) is 0 Å². The Balaban J connectivity index is 1.54. The maximum Gasteiger partial charge on any atom is 0.339 e. The van der Waals surface area contributed by atoms with Crippen molar-refractivity contribution in [3.63, 3.8) is 0 Å². The molecule has 0 aliphatic rings. The summed E-state index contributed by atoms with van der Waals surface area (Å²) in [6.45, 7) is 1.87. The molecule has 0 unspecified atom stereocenters. The van der Waals surface area contributed by atoms with Crippen molar-refractivity contribution >= 4 is 33.5 Å². The summed E-state index contributed by atoms with van der Waals surface area (Å²) in [5, 5.41) is 4.72. The summed E-state index contributed by atoms with van der Waals surface area (Å²) in [5.74, 6) is 0.475. The van der Waals surface area contributed by atoms with Gasteiger partial charge in [0.1, 0.15) is 11.3 Å². The third kappa shape index (κ3) is 3.24. The van der Waals surface area contributed by atoms with Crippen LogP contribution in [-0.2, 0) is 11.2 Å². The molecule has 0 bridgehead atoms. The van der Waals surface area contributed by atoms with Crippen molar-refractivity contribution in [2.24, 2.45) is 0 Å². The molecule has 6 heteroatoms. The molecule has 0 fully saturated rings. The molecule has 4 rings (SSSR count). The number of fused-ring (bicyclic) bond motifs is 2. The third-order valence-electron chi connectivity index (χ3n) is 4.97. The van der Waals surface area contributed by atoms with E-state index >= 15 is 0 Å². The van der Waals surface area contributed by atoms with Gasteiger partial charge in [-0.15, -0.1) is 0 Å². The Morgan fingerprint density at radius 1 is 1.18 bits per heavy atom. The molecule has 142 valence electrons. The highest BCUT2D eigenvalue weighted by molar-refractivity contribution is 6.01. The van der Waals surface area contributed by atoms with E-state index in [0.29, 0.717) is 23.3 Å². The molecule has 2 heterocycles. The summed E-state index contributed by atoms with van der Waals surface area (Å²) in [7, 11) is 1.56. The normalized spacial score (nSPS) is 11.1. The van der Waals surface area contributed by atoms with Crippen LogP contribution < -0.4 is 15.7 Å². The fraction of sp³-hybridized carbons (Fsp3) is 0.182. The van der Waals surface area contributed by atoms with E-state index in [0.717, 1.165) is 27.5 Å². The van der Waals surface area contributed by atoms with Gasteiger partial charge in [0.25, 0.3) is 0 Å². The molecule has 0 aliphatic carbocycles. The Labute approximate surface area is 161 Å². The predicted molar refractivity (Wildman–Crippen MR) is 109 cm³/mol. The molecule has 2 aromatic carbocycles. The molecule has 0 aliphatic heterocycles. The summed E-state index contributed by atoms with van der Waals surface area (Å²) >= 11 is 0. The lowest BCUT2D eigenvalue weighted by Gasteiger charge is -2.10. The minimum absolute atomic E-state index is 0.151. The van der Waals surface area contributed by atoms with Crippen molar-refractivity contribution in [1.29, 1.82) is 0 Å². The molecule has 2 N–H and O–H groups in total. The summed E-state index contributed by atoms with van der Waals surface area (Å²) < 4.78 is 10.6. The topological polar surface area (TPSA) is 84.3 Å². The van der Waals surface area contributed by atoms with Crippen LogP contribution in [0.25, 0.3) is 21.9 Å². The molecule has 2 aromatic heterocycles. The van der Waals surface area contributed by atoms with Gasteiger partial charge in [-0.05, 0) is 49.2 Å². The fourth-order valence-corrected chi connectivity index (χ4v) is 3.44. The summed E-state index contributed by atoms with van der Waals surface area (Å²) in [5.41, 5.74) is 3.12. The van der Waals surface area contributed by atoms with Gasteiger partial charge in [-0.3, -0.25) is 4.79 Å². The zero-order valence-corrected chi connectivity index (χ0v) is 15.7. The second-order valence-corrected chi connectivity index (χ2v) is 6.65. The van der Waals surface area contributed by atoms with Gasteiger partial charge in [0.05, 0.1) is 12.8 Å². The van der Waals surface area contributed by atoms with Gasteiger partial charge in [-0.25, -0.2) is 4.79 Å². The first-order valence-electron chi connectivity index (χ1n) is 9.03. The van der Waals surface area contributed by atoms with Crippen LogP contribution in [0.4, 0.5) is 5.69 Å². The van der Waals surface area contributed by atoms with Gasteiger partial charge in [-0.2, -0.15) is 0 Å². The Morgan fingerprint density at radius 3 is 2.86 bits per heavy atom. The number of H-pyrrole nitrogens is 1. The number of anilines is 1. The van der Waals surface area contributed by atoms with Crippen LogP contribution in [0.2, 0.25) is 0 Å². The van der Waals surface area contributed by atoms with E-state index < -0.39 is 5.63 Å². The van der Waals surface area contributed by atoms with Crippen molar-refractivity contribution in [2.75, 3.05) is 12.4 Å². The number of benzene rings is 2. The van der Waals surface area contributed by atoms with Gasteiger partial charge in [0.2, 0.25) is 5.91 Å².